The minimum Gasteiger partial charge on any atom is -0.480 e. The minimum atomic E-state index is -3.10. The minimum absolute atomic E-state index is 0.0767. The van der Waals surface area contributed by atoms with Gasteiger partial charge in [-0.25, -0.2) is 18.0 Å². The molecule has 1 heterocycles. The standard InChI is InChI=1S/C12H22N2O5S/c1-8(2)6-10(11(15)16)13-12(17)14-4-5-20(18,19)7-9(14)3/h8-10H,4-7H2,1-3H3,(H,13,17)(H,15,16). The summed E-state index contributed by atoms with van der Waals surface area (Å²) in [5.74, 6) is -1.10. The van der Waals surface area contributed by atoms with E-state index in [1.54, 1.807) is 6.92 Å². The number of rotatable bonds is 4. The van der Waals surface area contributed by atoms with Crippen LogP contribution >= 0.6 is 0 Å². The van der Waals surface area contributed by atoms with Gasteiger partial charge in [0.05, 0.1) is 11.5 Å². The molecule has 2 N–H and O–H groups in total. The van der Waals surface area contributed by atoms with Crippen molar-refractivity contribution >= 4 is 21.8 Å². The summed E-state index contributed by atoms with van der Waals surface area (Å²) in [5.41, 5.74) is 0. The van der Waals surface area contributed by atoms with E-state index in [1.165, 1.54) is 4.90 Å². The molecule has 2 unspecified atom stereocenters. The highest BCUT2D eigenvalue weighted by Gasteiger charge is 2.33. The molecule has 2 atom stereocenters. The maximum atomic E-state index is 12.1. The molecule has 1 saturated heterocycles. The zero-order valence-corrected chi connectivity index (χ0v) is 12.8. The van der Waals surface area contributed by atoms with Gasteiger partial charge in [-0.15, -0.1) is 0 Å². The first-order chi connectivity index (χ1) is 9.12. The van der Waals surface area contributed by atoms with Crippen molar-refractivity contribution < 1.29 is 23.1 Å². The van der Waals surface area contributed by atoms with E-state index in [9.17, 15) is 18.0 Å². The van der Waals surface area contributed by atoms with E-state index < -0.39 is 33.9 Å². The number of nitrogens with one attached hydrogen (secondary N) is 1. The third-order valence-corrected chi connectivity index (χ3v) is 5.03. The Morgan fingerprint density at radius 3 is 2.45 bits per heavy atom. The van der Waals surface area contributed by atoms with E-state index in [0.29, 0.717) is 6.42 Å². The van der Waals surface area contributed by atoms with Crippen LogP contribution in [0.1, 0.15) is 27.2 Å². The average Bonchev–Trinajstić information content (AvgIpc) is 2.25. The fraction of sp³-hybridized carbons (Fsp3) is 0.833. The van der Waals surface area contributed by atoms with Crippen molar-refractivity contribution in [2.24, 2.45) is 5.92 Å². The van der Waals surface area contributed by atoms with Crippen LogP contribution in [0.4, 0.5) is 4.79 Å². The van der Waals surface area contributed by atoms with E-state index >= 15 is 0 Å². The second kappa shape index (κ2) is 6.43. The molecule has 20 heavy (non-hydrogen) atoms. The zero-order chi connectivity index (χ0) is 15.5. The fourth-order valence-corrected chi connectivity index (χ4v) is 3.78. The summed E-state index contributed by atoms with van der Waals surface area (Å²) in [6.07, 6.45) is 0.335. The molecule has 7 nitrogen and oxygen atoms in total. The summed E-state index contributed by atoms with van der Waals surface area (Å²) < 4.78 is 22.9. The number of carbonyl (C=O) groups excluding carboxylic acids is 1. The fourth-order valence-electron chi connectivity index (χ4n) is 2.23. The zero-order valence-electron chi connectivity index (χ0n) is 12.0. The number of nitrogens with zero attached hydrogens (tertiary/aromatic N) is 1. The molecule has 0 bridgehead atoms. The monoisotopic (exact) mass is 306 g/mol. The highest BCUT2D eigenvalue weighted by Crippen LogP contribution is 2.12. The van der Waals surface area contributed by atoms with Gasteiger partial charge in [0.2, 0.25) is 0 Å². The van der Waals surface area contributed by atoms with E-state index in [-0.39, 0.29) is 24.0 Å². The number of urea groups is 1. The average molecular weight is 306 g/mol. The number of hydrogen-bond acceptors (Lipinski definition) is 4. The van der Waals surface area contributed by atoms with Crippen molar-refractivity contribution in [3.05, 3.63) is 0 Å². The van der Waals surface area contributed by atoms with Gasteiger partial charge in [-0.2, -0.15) is 0 Å². The van der Waals surface area contributed by atoms with E-state index in [4.69, 9.17) is 5.11 Å². The van der Waals surface area contributed by atoms with E-state index in [0.717, 1.165) is 0 Å². The van der Waals surface area contributed by atoms with Gasteiger partial charge in [0.25, 0.3) is 0 Å². The number of carboxylic acid groups (broad SMARTS) is 1. The quantitative estimate of drug-likeness (QED) is 0.778. The smallest absolute Gasteiger partial charge is 0.326 e. The molecule has 0 aromatic rings. The summed E-state index contributed by atoms with van der Waals surface area (Å²) in [4.78, 5) is 24.6. The second-order valence-corrected chi connectivity index (χ2v) is 7.86. The summed E-state index contributed by atoms with van der Waals surface area (Å²) >= 11 is 0. The third kappa shape index (κ3) is 4.66. The molecule has 1 fully saturated rings. The maximum Gasteiger partial charge on any atom is 0.326 e. The predicted octanol–water partition coefficient (Wildman–Crippen LogP) is 0.314. The molecule has 1 aliphatic rings. The first-order valence-electron chi connectivity index (χ1n) is 6.62. The van der Waals surface area contributed by atoms with Gasteiger partial charge in [0.15, 0.2) is 9.84 Å². The molecule has 0 radical (unpaired) electrons. The molecule has 1 rings (SSSR count). The molecule has 1 aliphatic heterocycles. The van der Waals surface area contributed by atoms with Crippen LogP contribution in [0.3, 0.4) is 0 Å². The van der Waals surface area contributed by atoms with E-state index in [2.05, 4.69) is 5.32 Å². The van der Waals surface area contributed by atoms with Crippen LogP contribution in [-0.2, 0) is 14.6 Å². The normalized spacial score (nSPS) is 23.4. The lowest BCUT2D eigenvalue weighted by atomic mass is 10.0. The summed E-state index contributed by atoms with van der Waals surface area (Å²) in [6, 6.07) is -1.91. The highest BCUT2D eigenvalue weighted by atomic mass is 32.2. The Morgan fingerprint density at radius 1 is 1.40 bits per heavy atom. The lowest BCUT2D eigenvalue weighted by molar-refractivity contribution is -0.139. The Kier molecular flexibility index (Phi) is 5.38. The van der Waals surface area contributed by atoms with Crippen molar-refractivity contribution in [1.82, 2.24) is 10.2 Å². The van der Waals surface area contributed by atoms with Gasteiger partial charge in [-0.1, -0.05) is 13.8 Å². The van der Waals surface area contributed by atoms with Gasteiger partial charge in [0.1, 0.15) is 6.04 Å². The van der Waals surface area contributed by atoms with Gasteiger partial charge < -0.3 is 15.3 Å². The lowest BCUT2D eigenvalue weighted by Crippen LogP contribution is -2.56. The van der Waals surface area contributed by atoms with Crippen molar-refractivity contribution in [2.45, 2.75) is 39.3 Å². The number of aliphatic carboxylic acids is 1. The number of amides is 2. The Balaban J connectivity index is 2.68. The van der Waals surface area contributed by atoms with Crippen LogP contribution in [0.5, 0.6) is 0 Å². The Bertz CT molecular complexity index is 474. The van der Waals surface area contributed by atoms with Crippen LogP contribution in [0.15, 0.2) is 0 Å². The van der Waals surface area contributed by atoms with Crippen molar-refractivity contribution in [1.29, 1.82) is 0 Å². The highest BCUT2D eigenvalue weighted by molar-refractivity contribution is 7.91. The molecule has 0 aromatic heterocycles. The molecular formula is C12H22N2O5S. The summed E-state index contributed by atoms with van der Waals surface area (Å²) in [6.45, 7) is 5.49. The Morgan fingerprint density at radius 2 is 2.00 bits per heavy atom. The van der Waals surface area contributed by atoms with Crippen LogP contribution in [0.25, 0.3) is 0 Å². The van der Waals surface area contributed by atoms with Gasteiger partial charge in [-0.3, -0.25) is 0 Å². The van der Waals surface area contributed by atoms with Crippen molar-refractivity contribution in [3.8, 4) is 0 Å². The molecule has 0 aromatic carbocycles. The van der Waals surface area contributed by atoms with Gasteiger partial charge in [-0.05, 0) is 19.3 Å². The third-order valence-electron chi connectivity index (χ3n) is 3.23. The maximum absolute atomic E-state index is 12.1. The number of hydrogen-bond donors (Lipinski definition) is 2. The Hall–Kier alpha value is -1.31. The molecule has 0 aliphatic carbocycles. The number of carboxylic acids is 1. The van der Waals surface area contributed by atoms with Crippen molar-refractivity contribution in [2.75, 3.05) is 18.1 Å². The number of sulfone groups is 1. The molecule has 8 heteroatoms. The summed E-state index contributed by atoms with van der Waals surface area (Å²) in [7, 11) is -3.10. The Labute approximate surface area is 119 Å². The van der Waals surface area contributed by atoms with Gasteiger partial charge in [0, 0.05) is 12.6 Å². The van der Waals surface area contributed by atoms with Crippen molar-refractivity contribution in [3.63, 3.8) is 0 Å². The molecule has 0 saturated carbocycles. The molecule has 0 spiro atoms. The second-order valence-electron chi connectivity index (χ2n) is 5.63. The van der Waals surface area contributed by atoms with E-state index in [1.807, 2.05) is 13.8 Å². The largest absolute Gasteiger partial charge is 0.480 e. The topological polar surface area (TPSA) is 104 Å². The first-order valence-corrected chi connectivity index (χ1v) is 8.45. The first kappa shape index (κ1) is 16.7. The molecule has 116 valence electrons. The SMILES string of the molecule is CC(C)CC(NC(=O)N1CCS(=O)(=O)CC1C)C(=O)O. The summed E-state index contributed by atoms with van der Waals surface area (Å²) in [5, 5.41) is 11.6. The predicted molar refractivity (Wildman–Crippen MR) is 74.2 cm³/mol. The molecular weight excluding hydrogens is 284 g/mol. The van der Waals surface area contributed by atoms with Crippen LogP contribution in [-0.4, -0.2) is 60.6 Å². The number of carbonyl (C=O) groups is 2. The van der Waals surface area contributed by atoms with Crippen LogP contribution in [0, 0.1) is 5.92 Å². The van der Waals surface area contributed by atoms with Crippen LogP contribution < -0.4 is 5.32 Å². The lowest BCUT2D eigenvalue weighted by Gasteiger charge is -2.34. The van der Waals surface area contributed by atoms with Crippen LogP contribution in [0.2, 0.25) is 0 Å². The molecule has 2 amide bonds. The van der Waals surface area contributed by atoms with Gasteiger partial charge >= 0.3 is 12.0 Å².